The van der Waals surface area contributed by atoms with Gasteiger partial charge < -0.3 is 14.9 Å². The number of carbonyl (C=O) groups is 2. The van der Waals surface area contributed by atoms with Crippen LogP contribution in [0.2, 0.25) is 0 Å². The molecule has 0 spiro atoms. The van der Waals surface area contributed by atoms with E-state index in [0.29, 0.717) is 18.7 Å². The van der Waals surface area contributed by atoms with E-state index in [9.17, 15) is 14.7 Å². The van der Waals surface area contributed by atoms with E-state index in [4.69, 9.17) is 0 Å². The van der Waals surface area contributed by atoms with Crippen LogP contribution in [-0.4, -0.2) is 48.8 Å². The van der Waals surface area contributed by atoms with Gasteiger partial charge in [-0.15, -0.1) is 0 Å². The summed E-state index contributed by atoms with van der Waals surface area (Å²) in [6, 6.07) is 10.1. The minimum Gasteiger partial charge on any atom is -0.872 e. The van der Waals surface area contributed by atoms with Crippen molar-refractivity contribution >= 4 is 17.4 Å². The first-order chi connectivity index (χ1) is 12.9. The predicted molar refractivity (Wildman–Crippen MR) is 99.5 cm³/mol. The topological polar surface area (TPSA) is 77.8 Å². The zero-order valence-electron chi connectivity index (χ0n) is 15.7. The fourth-order valence-electron chi connectivity index (χ4n) is 3.20. The number of hydrogen-bond acceptors (Lipinski definition) is 4. The van der Waals surface area contributed by atoms with Crippen LogP contribution in [-0.2, 0) is 9.59 Å². The number of amides is 1. The number of Topliss-reactive ketones (excluding diaryl/α,β-unsaturated/α-hetero) is 1. The lowest BCUT2D eigenvalue weighted by molar-refractivity contribution is -0.857. The monoisotopic (exact) mass is 365 g/mol. The molecule has 0 aliphatic carbocycles. The van der Waals surface area contributed by atoms with Crippen LogP contribution in [0.4, 0.5) is 0 Å². The minimum absolute atomic E-state index is 0.0174. The minimum atomic E-state index is -0.712. The van der Waals surface area contributed by atoms with E-state index in [-0.39, 0.29) is 5.57 Å². The Morgan fingerprint density at radius 2 is 1.74 bits per heavy atom. The number of carbonyl (C=O) groups excluding carboxylic acids is 2. The van der Waals surface area contributed by atoms with Crippen LogP contribution in [0.15, 0.2) is 54.4 Å². The Balaban J connectivity index is 2.13. The van der Waals surface area contributed by atoms with E-state index in [2.05, 4.69) is 4.98 Å². The quantitative estimate of drug-likeness (QED) is 0.451. The van der Waals surface area contributed by atoms with Gasteiger partial charge in [0.25, 0.3) is 5.91 Å². The smallest absolute Gasteiger partial charge is 0.295 e. The average molecular weight is 365 g/mol. The van der Waals surface area contributed by atoms with Crippen molar-refractivity contribution in [3.8, 4) is 0 Å². The van der Waals surface area contributed by atoms with Gasteiger partial charge in [-0.05, 0) is 30.2 Å². The molecule has 1 unspecified atom stereocenters. The zero-order chi connectivity index (χ0) is 19.6. The van der Waals surface area contributed by atoms with Crippen molar-refractivity contribution in [2.45, 2.75) is 13.0 Å². The normalized spacial score (nSPS) is 19.1. The summed E-state index contributed by atoms with van der Waals surface area (Å²) >= 11 is 0. The Hall–Kier alpha value is -2.99. The number of nitrogens with one attached hydrogen (secondary N) is 1. The summed E-state index contributed by atoms with van der Waals surface area (Å²) in [7, 11) is 3.96. The molecule has 0 radical (unpaired) electrons. The second-order valence-electron chi connectivity index (χ2n) is 7.08. The van der Waals surface area contributed by atoms with Crippen LogP contribution in [0.25, 0.3) is 5.76 Å². The molecule has 2 aromatic rings. The third-order valence-electron chi connectivity index (χ3n) is 4.72. The molecule has 1 amide bonds. The molecule has 1 fully saturated rings. The van der Waals surface area contributed by atoms with Crippen LogP contribution in [0, 0.1) is 6.92 Å². The number of likely N-dealkylation sites (N-methyl/N-ethyl adjacent to an activating group) is 1. The van der Waals surface area contributed by atoms with E-state index in [0.717, 1.165) is 16.0 Å². The average Bonchev–Trinajstić information content (AvgIpc) is 2.91. The van der Waals surface area contributed by atoms with Crippen molar-refractivity contribution in [1.29, 1.82) is 0 Å². The van der Waals surface area contributed by atoms with Gasteiger partial charge in [-0.1, -0.05) is 35.6 Å². The fraction of sp³-hybridized carbons (Fsp3) is 0.286. The van der Waals surface area contributed by atoms with Gasteiger partial charge in [0.15, 0.2) is 0 Å². The van der Waals surface area contributed by atoms with E-state index < -0.39 is 23.5 Å². The summed E-state index contributed by atoms with van der Waals surface area (Å²) < 4.78 is 0. The molecule has 3 rings (SSSR count). The standard InChI is InChI=1S/C21H23N3O3/c1-14-4-6-15(7-5-14)18-17(19(25)16-8-10-22-11-9-16)20(26)21(27)24(18)13-12-23(2)3/h4-11,18,25H,12-13H2,1-3H3. The summed E-state index contributed by atoms with van der Waals surface area (Å²) in [6.07, 6.45) is 3.01. The number of aromatic nitrogens is 1. The lowest BCUT2D eigenvalue weighted by Gasteiger charge is -2.27. The SMILES string of the molecule is Cc1ccc(C2C(=C([O-])c3ccncc3)C(=O)C(=O)N2CC[NH+](C)C)cc1. The molecule has 1 atom stereocenters. The summed E-state index contributed by atoms with van der Waals surface area (Å²) in [5, 5.41) is 13.1. The van der Waals surface area contributed by atoms with Gasteiger partial charge in [0.05, 0.1) is 33.2 Å². The Morgan fingerprint density at radius 1 is 1.11 bits per heavy atom. The summed E-state index contributed by atoms with van der Waals surface area (Å²) in [6.45, 7) is 3.05. The van der Waals surface area contributed by atoms with Gasteiger partial charge in [-0.3, -0.25) is 14.6 Å². The van der Waals surface area contributed by atoms with Crippen molar-refractivity contribution in [3.63, 3.8) is 0 Å². The maximum absolute atomic E-state index is 13.1. The summed E-state index contributed by atoms with van der Waals surface area (Å²) in [5.41, 5.74) is 2.22. The Morgan fingerprint density at radius 3 is 2.33 bits per heavy atom. The maximum atomic E-state index is 13.1. The highest BCUT2D eigenvalue weighted by atomic mass is 16.3. The van der Waals surface area contributed by atoms with Crippen molar-refractivity contribution in [2.75, 3.05) is 27.2 Å². The molecule has 1 aliphatic heterocycles. The van der Waals surface area contributed by atoms with Gasteiger partial charge in [0.1, 0.15) is 0 Å². The van der Waals surface area contributed by atoms with Gasteiger partial charge in [-0.2, -0.15) is 0 Å². The molecule has 27 heavy (non-hydrogen) atoms. The van der Waals surface area contributed by atoms with Crippen molar-refractivity contribution in [2.24, 2.45) is 0 Å². The van der Waals surface area contributed by atoms with E-state index >= 15 is 0 Å². The number of ketones is 1. The summed E-state index contributed by atoms with van der Waals surface area (Å²) in [4.78, 5) is 32.0. The lowest BCUT2D eigenvalue weighted by atomic mass is 9.95. The number of pyridine rings is 1. The highest BCUT2D eigenvalue weighted by molar-refractivity contribution is 6.46. The second-order valence-corrected chi connectivity index (χ2v) is 7.08. The van der Waals surface area contributed by atoms with Crippen LogP contribution in [0.3, 0.4) is 0 Å². The van der Waals surface area contributed by atoms with Gasteiger partial charge in [0, 0.05) is 18.0 Å². The lowest BCUT2D eigenvalue weighted by Crippen LogP contribution is -3.06. The molecule has 6 nitrogen and oxygen atoms in total. The Labute approximate surface area is 158 Å². The molecule has 1 N–H and O–H groups in total. The highest BCUT2D eigenvalue weighted by Gasteiger charge is 2.44. The van der Waals surface area contributed by atoms with E-state index in [1.807, 2.05) is 45.3 Å². The van der Waals surface area contributed by atoms with Crippen molar-refractivity contribution in [1.82, 2.24) is 9.88 Å². The first kappa shape index (κ1) is 18.8. The predicted octanol–water partition coefficient (Wildman–Crippen LogP) is -0.241. The van der Waals surface area contributed by atoms with E-state index in [1.54, 1.807) is 12.1 Å². The Bertz CT molecular complexity index is 873. The molecule has 1 aromatic heterocycles. The molecule has 1 aliphatic rings. The van der Waals surface area contributed by atoms with Gasteiger partial charge in [-0.25, -0.2) is 0 Å². The van der Waals surface area contributed by atoms with Crippen molar-refractivity contribution < 1.29 is 19.6 Å². The number of nitrogens with zero attached hydrogens (tertiary/aromatic N) is 2. The number of likely N-dealkylation sites (tertiary alicyclic amines) is 1. The molecular formula is C21H23N3O3. The number of quaternary nitrogens is 1. The maximum Gasteiger partial charge on any atom is 0.295 e. The van der Waals surface area contributed by atoms with Crippen LogP contribution >= 0.6 is 0 Å². The molecule has 2 heterocycles. The van der Waals surface area contributed by atoms with Crippen LogP contribution in [0.5, 0.6) is 0 Å². The number of rotatable bonds is 5. The fourth-order valence-corrected chi connectivity index (χ4v) is 3.20. The second kappa shape index (κ2) is 7.72. The molecular weight excluding hydrogens is 342 g/mol. The zero-order valence-corrected chi connectivity index (χ0v) is 15.7. The number of benzene rings is 1. The first-order valence-corrected chi connectivity index (χ1v) is 8.92. The van der Waals surface area contributed by atoms with Gasteiger partial charge >= 0.3 is 0 Å². The molecule has 1 saturated heterocycles. The van der Waals surface area contributed by atoms with E-state index in [1.165, 1.54) is 17.3 Å². The third kappa shape index (κ3) is 3.75. The molecule has 6 heteroatoms. The Kier molecular flexibility index (Phi) is 5.37. The van der Waals surface area contributed by atoms with Crippen LogP contribution in [0.1, 0.15) is 22.7 Å². The molecule has 140 valence electrons. The molecule has 0 bridgehead atoms. The third-order valence-corrected chi connectivity index (χ3v) is 4.72. The first-order valence-electron chi connectivity index (χ1n) is 8.92. The number of aryl methyl sites for hydroxylation is 1. The highest BCUT2D eigenvalue weighted by Crippen LogP contribution is 2.38. The largest absolute Gasteiger partial charge is 0.872 e. The number of hydrogen-bond donors (Lipinski definition) is 1. The molecule has 1 aromatic carbocycles. The molecule has 0 saturated carbocycles. The summed E-state index contributed by atoms with van der Waals surface area (Å²) in [5.74, 6) is -1.74. The van der Waals surface area contributed by atoms with Crippen molar-refractivity contribution in [3.05, 3.63) is 71.1 Å². The van der Waals surface area contributed by atoms with Gasteiger partial charge in [0.2, 0.25) is 5.78 Å². The van der Waals surface area contributed by atoms with Crippen LogP contribution < -0.4 is 10.0 Å².